The molecule has 0 fully saturated rings. The Morgan fingerprint density at radius 2 is 1.72 bits per heavy atom. The van der Waals surface area contributed by atoms with E-state index in [1.165, 1.54) is 5.39 Å². The van der Waals surface area contributed by atoms with Crippen molar-refractivity contribution in [2.24, 2.45) is 0 Å². The van der Waals surface area contributed by atoms with Gasteiger partial charge in [0.25, 0.3) is 0 Å². The summed E-state index contributed by atoms with van der Waals surface area (Å²) in [7, 11) is 0. The van der Waals surface area contributed by atoms with Crippen molar-refractivity contribution < 1.29 is 0 Å². The lowest BCUT2D eigenvalue weighted by Crippen LogP contribution is -1.99. The number of benzene rings is 2. The van der Waals surface area contributed by atoms with Gasteiger partial charge in [-0.05, 0) is 46.8 Å². The zero-order chi connectivity index (χ0) is 16.8. The highest BCUT2D eigenvalue weighted by Gasteiger charge is 2.11. The lowest BCUT2D eigenvalue weighted by molar-refractivity contribution is 0.979. The number of anilines is 1. The van der Waals surface area contributed by atoms with Crippen LogP contribution in [0.2, 0.25) is 0 Å². The maximum atomic E-state index is 6.23. The Kier molecular flexibility index (Phi) is 2.87. The molecule has 5 heteroatoms. The summed E-state index contributed by atoms with van der Waals surface area (Å²) in [4.78, 5) is 7.86. The smallest absolute Gasteiger partial charge is 0.182 e. The van der Waals surface area contributed by atoms with Gasteiger partial charge in [0.2, 0.25) is 0 Å². The lowest BCUT2D eigenvalue weighted by Gasteiger charge is -2.05. The van der Waals surface area contributed by atoms with Crippen molar-refractivity contribution in [3.63, 3.8) is 0 Å². The van der Waals surface area contributed by atoms with Gasteiger partial charge < -0.3 is 10.7 Å². The molecule has 25 heavy (non-hydrogen) atoms. The van der Waals surface area contributed by atoms with Crippen molar-refractivity contribution in [2.45, 2.75) is 0 Å². The number of aromatic amines is 1. The van der Waals surface area contributed by atoms with E-state index < -0.39 is 0 Å². The van der Waals surface area contributed by atoms with Gasteiger partial charge in [0, 0.05) is 17.3 Å². The van der Waals surface area contributed by atoms with E-state index in [2.05, 4.69) is 39.3 Å². The minimum Gasteiger partial charge on any atom is -0.384 e. The molecule has 0 spiro atoms. The van der Waals surface area contributed by atoms with Crippen LogP contribution in [0.4, 0.5) is 5.82 Å². The molecule has 0 aliphatic carbocycles. The second-order valence-corrected chi connectivity index (χ2v) is 6.02. The average molecular weight is 325 g/mol. The van der Waals surface area contributed by atoms with Gasteiger partial charge in [-0.25, -0.2) is 4.98 Å². The van der Waals surface area contributed by atoms with Crippen molar-refractivity contribution in [3.05, 3.63) is 72.9 Å². The van der Waals surface area contributed by atoms with E-state index in [-0.39, 0.29) is 0 Å². The Balaban J connectivity index is 1.67. The van der Waals surface area contributed by atoms with E-state index in [1.807, 2.05) is 48.7 Å². The van der Waals surface area contributed by atoms with Gasteiger partial charge in [-0.15, -0.1) is 5.10 Å². The lowest BCUT2D eigenvalue weighted by atomic mass is 10.0. The number of nitrogens with two attached hydrogens (primary N) is 1. The molecule has 5 rings (SSSR count). The number of nitrogen functional groups attached to an aromatic ring is 1. The third-order valence-electron chi connectivity index (χ3n) is 4.38. The highest BCUT2D eigenvalue weighted by molar-refractivity contribution is 5.86. The number of fused-ring (bicyclic) bond motifs is 2. The second-order valence-electron chi connectivity index (χ2n) is 6.02. The molecule has 0 radical (unpaired) electrons. The highest BCUT2D eigenvalue weighted by atomic mass is 15.3. The van der Waals surface area contributed by atoms with Gasteiger partial charge in [0.15, 0.2) is 11.5 Å². The van der Waals surface area contributed by atoms with E-state index in [0.717, 1.165) is 27.9 Å². The summed E-state index contributed by atoms with van der Waals surface area (Å²) in [6.07, 6.45) is 1.94. The van der Waals surface area contributed by atoms with Crippen LogP contribution in [0, 0.1) is 0 Å². The van der Waals surface area contributed by atoms with Gasteiger partial charge in [-0.2, -0.15) is 4.52 Å². The molecule has 0 bridgehead atoms. The molecular weight excluding hydrogens is 310 g/mol. The van der Waals surface area contributed by atoms with Crippen molar-refractivity contribution in [1.82, 2.24) is 19.6 Å². The normalized spacial score (nSPS) is 11.4. The van der Waals surface area contributed by atoms with Crippen LogP contribution < -0.4 is 5.73 Å². The number of rotatable bonds is 2. The number of hydrogen-bond acceptors (Lipinski definition) is 3. The summed E-state index contributed by atoms with van der Waals surface area (Å²) in [6.45, 7) is 0. The average Bonchev–Trinajstić information content (AvgIpc) is 3.28. The zero-order valence-corrected chi connectivity index (χ0v) is 13.3. The van der Waals surface area contributed by atoms with Crippen LogP contribution in [0.1, 0.15) is 0 Å². The number of pyridine rings is 1. The van der Waals surface area contributed by atoms with E-state index >= 15 is 0 Å². The highest BCUT2D eigenvalue weighted by Crippen LogP contribution is 2.27. The molecule has 3 heterocycles. The fraction of sp³-hybridized carbons (Fsp3) is 0. The van der Waals surface area contributed by atoms with Crippen molar-refractivity contribution in [1.29, 1.82) is 0 Å². The van der Waals surface area contributed by atoms with Crippen LogP contribution in [0.15, 0.2) is 72.9 Å². The molecular formula is C20H15N5. The first-order valence-electron chi connectivity index (χ1n) is 8.07. The number of aromatic nitrogens is 4. The molecule has 0 amide bonds. The van der Waals surface area contributed by atoms with Crippen LogP contribution >= 0.6 is 0 Å². The Morgan fingerprint density at radius 3 is 2.60 bits per heavy atom. The van der Waals surface area contributed by atoms with Gasteiger partial charge in [-0.1, -0.05) is 36.4 Å². The zero-order valence-electron chi connectivity index (χ0n) is 13.3. The summed E-state index contributed by atoms with van der Waals surface area (Å²) in [5.41, 5.74) is 11.2. The number of nitrogens with one attached hydrogen (secondary N) is 1. The number of nitrogens with zero attached hydrogens (tertiary/aromatic N) is 3. The first-order valence-corrected chi connectivity index (χ1v) is 8.07. The summed E-state index contributed by atoms with van der Waals surface area (Å²) in [5.74, 6) is 1.24. The maximum absolute atomic E-state index is 6.23. The first kappa shape index (κ1) is 13.8. The summed E-state index contributed by atoms with van der Waals surface area (Å²) in [6, 6.07) is 22.2. The fourth-order valence-corrected chi connectivity index (χ4v) is 3.12. The molecule has 3 N–H and O–H groups in total. The number of hydrogen-bond donors (Lipinski definition) is 2. The Bertz CT molecular complexity index is 1200. The Hall–Kier alpha value is -3.60. The first-order chi connectivity index (χ1) is 12.3. The molecule has 0 aliphatic rings. The van der Waals surface area contributed by atoms with Gasteiger partial charge in [0.1, 0.15) is 5.82 Å². The molecule has 0 aliphatic heterocycles. The van der Waals surface area contributed by atoms with Crippen LogP contribution in [0.25, 0.3) is 39.1 Å². The topological polar surface area (TPSA) is 72.0 Å². The largest absolute Gasteiger partial charge is 0.384 e. The number of H-pyrrole nitrogens is 1. The van der Waals surface area contributed by atoms with Gasteiger partial charge in [-0.3, -0.25) is 0 Å². The van der Waals surface area contributed by atoms with Crippen molar-refractivity contribution in [3.8, 4) is 22.5 Å². The SMILES string of the molecule is Nc1cc(-c2ccc3[nH]ccc3c2)cc2nc(-c3ccccc3)nn12. The third-order valence-corrected chi connectivity index (χ3v) is 4.38. The van der Waals surface area contributed by atoms with E-state index in [1.54, 1.807) is 4.52 Å². The monoisotopic (exact) mass is 325 g/mol. The van der Waals surface area contributed by atoms with Crippen LogP contribution in [0.5, 0.6) is 0 Å². The Labute approximate surface area is 143 Å². The molecule has 5 nitrogen and oxygen atoms in total. The molecule has 120 valence electrons. The summed E-state index contributed by atoms with van der Waals surface area (Å²) < 4.78 is 1.68. The molecule has 0 saturated carbocycles. The van der Waals surface area contributed by atoms with Crippen molar-refractivity contribution in [2.75, 3.05) is 5.73 Å². The summed E-state index contributed by atoms with van der Waals surface area (Å²) in [5, 5.41) is 5.70. The fourth-order valence-electron chi connectivity index (χ4n) is 3.12. The summed E-state index contributed by atoms with van der Waals surface area (Å²) >= 11 is 0. The minimum absolute atomic E-state index is 0.566. The molecule has 3 aromatic heterocycles. The molecule has 2 aromatic carbocycles. The standard InChI is InChI=1S/C20H15N5/c21-18-11-16(14-6-7-17-15(10-14)8-9-22-17)12-19-23-20(24-25(18)19)13-4-2-1-3-5-13/h1-12,22H,21H2. The molecule has 0 atom stereocenters. The molecule has 0 unspecified atom stereocenters. The van der Waals surface area contributed by atoms with Crippen LogP contribution in [-0.2, 0) is 0 Å². The van der Waals surface area contributed by atoms with Gasteiger partial charge >= 0.3 is 0 Å². The van der Waals surface area contributed by atoms with Gasteiger partial charge in [0.05, 0.1) is 0 Å². The maximum Gasteiger partial charge on any atom is 0.182 e. The quantitative estimate of drug-likeness (QED) is 0.512. The third kappa shape index (κ3) is 2.25. The minimum atomic E-state index is 0.566. The van der Waals surface area contributed by atoms with E-state index in [0.29, 0.717) is 11.6 Å². The Morgan fingerprint density at radius 1 is 0.840 bits per heavy atom. The second kappa shape index (κ2) is 5.21. The van der Waals surface area contributed by atoms with E-state index in [9.17, 15) is 0 Å². The van der Waals surface area contributed by atoms with Crippen LogP contribution in [0.3, 0.4) is 0 Å². The molecule has 0 saturated heterocycles. The predicted molar refractivity (Wildman–Crippen MR) is 100 cm³/mol. The molecule has 5 aromatic rings. The van der Waals surface area contributed by atoms with Crippen LogP contribution in [-0.4, -0.2) is 19.6 Å². The van der Waals surface area contributed by atoms with Crippen molar-refractivity contribution >= 4 is 22.4 Å². The van der Waals surface area contributed by atoms with E-state index in [4.69, 9.17) is 5.73 Å². The predicted octanol–water partition coefficient (Wildman–Crippen LogP) is 4.13.